The summed E-state index contributed by atoms with van der Waals surface area (Å²) in [5.41, 5.74) is 5.47. The smallest absolute Gasteiger partial charge is 0.514 e. The van der Waals surface area contributed by atoms with Gasteiger partial charge in [0.05, 0.1) is 19.1 Å². The second-order valence-corrected chi connectivity index (χ2v) is 13.8. The van der Waals surface area contributed by atoms with Crippen molar-refractivity contribution >= 4 is 39.9 Å². The molecule has 0 radical (unpaired) electrons. The monoisotopic (exact) mass is 779 g/mol. The van der Waals surface area contributed by atoms with Crippen LogP contribution < -0.4 is 33.5 Å². The maximum Gasteiger partial charge on any atom is 0.514 e. The number of carbonyl (C=O) groups excluding carboxylic acids is 4. The number of esters is 1. The van der Waals surface area contributed by atoms with E-state index in [1.54, 1.807) is 24.3 Å². The van der Waals surface area contributed by atoms with Gasteiger partial charge in [0.1, 0.15) is 18.4 Å². The fraction of sp³-hybridized carbons (Fsp3) is 0.579. The summed E-state index contributed by atoms with van der Waals surface area (Å²) in [6, 6.07) is 13.5. The first-order valence-electron chi connectivity index (χ1n) is 18.0. The van der Waals surface area contributed by atoms with Crippen LogP contribution in [0.4, 0.5) is 4.79 Å². The minimum Gasteiger partial charge on any atom is -1.00 e. The van der Waals surface area contributed by atoms with Gasteiger partial charge in [-0.1, -0.05) is 78.9 Å². The lowest BCUT2D eigenvalue weighted by Gasteiger charge is -2.28. The second-order valence-electron chi connectivity index (χ2n) is 12.9. The van der Waals surface area contributed by atoms with Crippen molar-refractivity contribution in [3.8, 4) is 5.75 Å². The molecule has 0 aromatic heterocycles. The summed E-state index contributed by atoms with van der Waals surface area (Å²) in [5, 5.41) is 5.99. The molecule has 0 aliphatic heterocycles. The average Bonchev–Trinajstić information content (AvgIpc) is 3.11. The van der Waals surface area contributed by atoms with Crippen molar-refractivity contribution in [3.63, 3.8) is 0 Å². The average molecular weight is 781 g/mol. The molecular weight excluding hydrogens is 726 g/mol. The molecule has 278 valence electrons. The summed E-state index contributed by atoms with van der Waals surface area (Å²) in [5.74, 6) is -0.00118. The van der Waals surface area contributed by atoms with E-state index in [4.69, 9.17) is 14.2 Å². The highest BCUT2D eigenvalue weighted by molar-refractivity contribution is 9.10. The topological polar surface area (TPSA) is 148 Å². The zero-order chi connectivity index (χ0) is 35.3. The largest absolute Gasteiger partial charge is 1.00 e. The summed E-state index contributed by atoms with van der Waals surface area (Å²) in [6.45, 7) is 4.06. The Labute approximate surface area is 311 Å². The SMILES string of the molecule is CCCCCCCOC(=O)C1CCC(CNC(=O)[C@H](Cc2ccc(OC(=O)OCc3ccccc3Br)cc2)NC(=O)CCCCC[NH3+])CC1.[Cl-]. The molecule has 12 heteroatoms. The van der Waals surface area contributed by atoms with Crippen LogP contribution in [0.5, 0.6) is 5.75 Å². The normalized spacial score (nSPS) is 16.0. The summed E-state index contributed by atoms with van der Waals surface area (Å²) in [4.78, 5) is 51.0. The van der Waals surface area contributed by atoms with Gasteiger partial charge >= 0.3 is 12.1 Å². The molecule has 2 aromatic rings. The van der Waals surface area contributed by atoms with Crippen molar-refractivity contribution in [2.45, 2.75) is 109 Å². The number of amides is 2. The molecule has 0 bridgehead atoms. The van der Waals surface area contributed by atoms with Crippen molar-refractivity contribution in [2.75, 3.05) is 19.7 Å². The summed E-state index contributed by atoms with van der Waals surface area (Å²) in [7, 11) is 0. The Kier molecular flexibility index (Phi) is 21.4. The van der Waals surface area contributed by atoms with E-state index in [2.05, 4.69) is 39.2 Å². The quantitative estimate of drug-likeness (QED) is 0.100. The number of benzene rings is 2. The maximum atomic E-state index is 13.4. The third kappa shape index (κ3) is 16.7. The number of carbonyl (C=O) groups is 4. The van der Waals surface area contributed by atoms with Crippen molar-refractivity contribution in [1.29, 1.82) is 0 Å². The molecular formula is C38H55BrClN3O7. The lowest BCUT2D eigenvalue weighted by atomic mass is 9.82. The first-order chi connectivity index (χ1) is 23.8. The van der Waals surface area contributed by atoms with Crippen molar-refractivity contribution < 1.29 is 51.5 Å². The van der Waals surface area contributed by atoms with Crippen LogP contribution >= 0.6 is 15.9 Å². The van der Waals surface area contributed by atoms with Gasteiger partial charge in [0.2, 0.25) is 11.8 Å². The minimum atomic E-state index is -0.824. The van der Waals surface area contributed by atoms with Gasteiger partial charge < -0.3 is 43.0 Å². The molecule has 0 spiro atoms. The lowest BCUT2D eigenvalue weighted by molar-refractivity contribution is -0.368. The van der Waals surface area contributed by atoms with Crippen LogP contribution in [0.1, 0.15) is 102 Å². The highest BCUT2D eigenvalue weighted by Crippen LogP contribution is 2.29. The predicted octanol–water partition coefficient (Wildman–Crippen LogP) is 3.43. The Balaban J connectivity index is 0.00000867. The Morgan fingerprint density at radius 2 is 1.58 bits per heavy atom. The fourth-order valence-electron chi connectivity index (χ4n) is 5.89. The van der Waals surface area contributed by atoms with E-state index in [1.807, 2.05) is 24.3 Å². The van der Waals surface area contributed by atoms with Crippen molar-refractivity contribution in [1.82, 2.24) is 10.6 Å². The van der Waals surface area contributed by atoms with E-state index in [0.29, 0.717) is 25.3 Å². The Hall–Kier alpha value is -3.15. The highest BCUT2D eigenvalue weighted by Gasteiger charge is 2.28. The minimum absolute atomic E-state index is 0. The van der Waals surface area contributed by atoms with Crippen LogP contribution in [0, 0.1) is 11.8 Å². The summed E-state index contributed by atoms with van der Waals surface area (Å²) in [6.07, 6.45) is 11.2. The van der Waals surface area contributed by atoms with Crippen LogP contribution in [0.3, 0.4) is 0 Å². The van der Waals surface area contributed by atoms with Crippen LogP contribution in [-0.2, 0) is 36.9 Å². The number of quaternary nitrogens is 1. The molecule has 50 heavy (non-hydrogen) atoms. The number of unbranched alkanes of at least 4 members (excludes halogenated alkanes) is 6. The molecule has 2 amide bonds. The zero-order valence-corrected chi connectivity index (χ0v) is 31.7. The number of halogens is 2. The van der Waals surface area contributed by atoms with Crippen LogP contribution in [0.25, 0.3) is 0 Å². The van der Waals surface area contributed by atoms with Crippen LogP contribution in [0.15, 0.2) is 53.0 Å². The standard InChI is InChI=1S/C38H54BrN3O7.ClH/c1-2-3-4-5-11-24-47-37(45)30-19-15-29(16-20-30)26-41-36(44)34(42-35(43)14-7-6-10-23-40)25-28-17-21-32(22-18-28)49-38(46)48-27-31-12-8-9-13-33(31)39;/h8-9,12-13,17-18,21-22,29-30,34H,2-7,10-11,14-16,19-20,23-27,40H2,1H3,(H,41,44)(H,42,43);1H/t29?,30?,34-;/m0./s1. The van der Waals surface area contributed by atoms with E-state index in [0.717, 1.165) is 79.9 Å². The fourth-order valence-corrected chi connectivity index (χ4v) is 6.29. The lowest BCUT2D eigenvalue weighted by Crippen LogP contribution is -3.00. The number of rotatable bonds is 21. The van der Waals surface area contributed by atoms with E-state index in [9.17, 15) is 19.2 Å². The Morgan fingerprint density at radius 3 is 2.28 bits per heavy atom. The molecule has 10 nitrogen and oxygen atoms in total. The van der Waals surface area contributed by atoms with Gasteiger partial charge in [0, 0.05) is 29.4 Å². The number of ether oxygens (including phenoxy) is 3. The molecule has 3 rings (SSSR count). The molecule has 0 unspecified atom stereocenters. The molecule has 1 atom stereocenters. The third-order valence-corrected chi connectivity index (χ3v) is 9.68. The first-order valence-corrected chi connectivity index (χ1v) is 18.8. The van der Waals surface area contributed by atoms with E-state index >= 15 is 0 Å². The Bertz CT molecular complexity index is 1310. The summed E-state index contributed by atoms with van der Waals surface area (Å²) >= 11 is 3.43. The van der Waals surface area contributed by atoms with Crippen LogP contribution in [0.2, 0.25) is 0 Å². The predicted molar refractivity (Wildman–Crippen MR) is 191 cm³/mol. The van der Waals surface area contributed by atoms with E-state index in [-0.39, 0.29) is 55.1 Å². The van der Waals surface area contributed by atoms with Crippen LogP contribution in [-0.4, -0.2) is 49.7 Å². The molecule has 0 saturated heterocycles. The maximum absolute atomic E-state index is 13.4. The second kappa shape index (κ2) is 24.9. The molecule has 1 aliphatic carbocycles. The first kappa shape index (κ1) is 43.0. The molecule has 0 heterocycles. The Morgan fingerprint density at radius 1 is 0.880 bits per heavy atom. The number of hydrogen-bond donors (Lipinski definition) is 3. The van der Waals surface area contributed by atoms with Crippen molar-refractivity contribution in [3.05, 3.63) is 64.1 Å². The van der Waals surface area contributed by atoms with Gasteiger partial charge in [0.25, 0.3) is 0 Å². The van der Waals surface area contributed by atoms with Gasteiger partial charge in [-0.05, 0) is 81.0 Å². The van der Waals surface area contributed by atoms with Gasteiger partial charge in [-0.2, -0.15) is 0 Å². The van der Waals surface area contributed by atoms with Gasteiger partial charge in [0.15, 0.2) is 0 Å². The number of nitrogens with one attached hydrogen (secondary N) is 2. The third-order valence-electron chi connectivity index (χ3n) is 8.91. The number of hydrogen-bond acceptors (Lipinski definition) is 7. The summed E-state index contributed by atoms with van der Waals surface area (Å²) < 4.78 is 16.9. The molecule has 1 saturated carbocycles. The van der Waals surface area contributed by atoms with Gasteiger partial charge in [-0.25, -0.2) is 4.79 Å². The van der Waals surface area contributed by atoms with E-state index in [1.165, 1.54) is 19.3 Å². The molecule has 5 N–H and O–H groups in total. The zero-order valence-electron chi connectivity index (χ0n) is 29.4. The van der Waals surface area contributed by atoms with Gasteiger partial charge in [-0.15, -0.1) is 0 Å². The van der Waals surface area contributed by atoms with Gasteiger partial charge in [-0.3, -0.25) is 14.4 Å². The molecule has 2 aromatic carbocycles. The molecule has 1 fully saturated rings. The van der Waals surface area contributed by atoms with E-state index < -0.39 is 12.2 Å². The highest BCUT2D eigenvalue weighted by atomic mass is 79.9. The molecule has 1 aliphatic rings. The van der Waals surface area contributed by atoms with Crippen molar-refractivity contribution in [2.24, 2.45) is 11.8 Å².